The van der Waals surface area contributed by atoms with E-state index in [1.807, 2.05) is 49.4 Å². The smallest absolute Gasteiger partial charge is 0.199 e. The largest absolute Gasteiger partial charge is 0.362 e. The number of aryl methyl sites for hydroxylation is 1. The Hall–Kier alpha value is -2.79. The lowest BCUT2D eigenvalue weighted by Gasteiger charge is -1.98. The molecule has 2 heterocycles. The Labute approximate surface area is 138 Å². The Morgan fingerprint density at radius 2 is 2.00 bits per heavy atom. The average molecular weight is 321 g/mol. The average Bonchev–Trinajstić information content (AvgIpc) is 2.98. The molecule has 23 heavy (non-hydrogen) atoms. The van der Waals surface area contributed by atoms with Crippen molar-refractivity contribution in [1.82, 2.24) is 9.97 Å². The van der Waals surface area contributed by atoms with E-state index in [4.69, 9.17) is 0 Å². The third-order valence-electron chi connectivity index (χ3n) is 3.19. The van der Waals surface area contributed by atoms with Gasteiger partial charge in [0.05, 0.1) is 10.6 Å². The minimum Gasteiger partial charge on any atom is -0.362 e. The number of rotatable bonds is 5. The van der Waals surface area contributed by atoms with E-state index in [9.17, 15) is 4.79 Å². The molecule has 0 spiro atoms. The number of allylic oxidation sites excluding steroid dienone is 1. The van der Waals surface area contributed by atoms with E-state index < -0.39 is 0 Å². The summed E-state index contributed by atoms with van der Waals surface area (Å²) in [6.07, 6.45) is 6.65. The fourth-order valence-corrected chi connectivity index (χ4v) is 3.04. The molecule has 0 bridgehead atoms. The molecule has 0 aliphatic heterocycles. The monoisotopic (exact) mass is 321 g/mol. The van der Waals surface area contributed by atoms with Crippen LogP contribution in [0.25, 0.3) is 10.6 Å². The van der Waals surface area contributed by atoms with Gasteiger partial charge in [0.1, 0.15) is 5.01 Å². The van der Waals surface area contributed by atoms with Crippen molar-refractivity contribution in [1.29, 1.82) is 0 Å². The van der Waals surface area contributed by atoms with Gasteiger partial charge in [-0.05, 0) is 31.2 Å². The zero-order chi connectivity index (χ0) is 16.1. The van der Waals surface area contributed by atoms with Crippen LogP contribution in [0.15, 0.2) is 67.1 Å². The van der Waals surface area contributed by atoms with Crippen molar-refractivity contribution in [3.63, 3.8) is 0 Å². The minimum absolute atomic E-state index is 0.0569. The summed E-state index contributed by atoms with van der Waals surface area (Å²) in [5, 5.41) is 3.88. The van der Waals surface area contributed by atoms with Crippen molar-refractivity contribution in [2.24, 2.45) is 0 Å². The molecule has 3 rings (SSSR count). The lowest BCUT2D eigenvalue weighted by atomic mass is 10.2. The predicted octanol–water partition coefficient (Wildman–Crippen LogP) is 4.32. The van der Waals surface area contributed by atoms with Gasteiger partial charge in [-0.15, -0.1) is 11.3 Å². The van der Waals surface area contributed by atoms with Gasteiger partial charge in [0, 0.05) is 35.9 Å². The van der Waals surface area contributed by atoms with Gasteiger partial charge in [-0.1, -0.05) is 18.2 Å². The molecular formula is C18H15N3OS. The first kappa shape index (κ1) is 15.1. The van der Waals surface area contributed by atoms with Gasteiger partial charge >= 0.3 is 0 Å². The summed E-state index contributed by atoms with van der Waals surface area (Å²) in [4.78, 5) is 21.5. The minimum atomic E-state index is -0.0569. The first-order valence-electron chi connectivity index (χ1n) is 7.14. The molecule has 0 saturated heterocycles. The Kier molecular flexibility index (Phi) is 4.59. The first-order valence-corrected chi connectivity index (χ1v) is 7.96. The van der Waals surface area contributed by atoms with Crippen molar-refractivity contribution >= 4 is 22.8 Å². The van der Waals surface area contributed by atoms with Gasteiger partial charge in [-0.3, -0.25) is 9.78 Å². The third-order valence-corrected chi connectivity index (χ3v) is 4.41. The first-order chi connectivity index (χ1) is 11.2. The summed E-state index contributed by atoms with van der Waals surface area (Å²) in [5.41, 5.74) is 2.60. The Morgan fingerprint density at radius 1 is 1.17 bits per heavy atom. The summed E-state index contributed by atoms with van der Waals surface area (Å²) in [7, 11) is 0. The number of nitrogens with zero attached hydrogens (tertiary/aromatic N) is 2. The van der Waals surface area contributed by atoms with Crippen molar-refractivity contribution in [2.75, 3.05) is 5.32 Å². The van der Waals surface area contributed by atoms with E-state index in [0.29, 0.717) is 4.88 Å². The second-order valence-electron chi connectivity index (χ2n) is 4.88. The summed E-state index contributed by atoms with van der Waals surface area (Å²) in [6, 6.07) is 13.5. The second-order valence-corrected chi connectivity index (χ2v) is 5.88. The van der Waals surface area contributed by atoms with E-state index in [1.54, 1.807) is 18.6 Å². The molecule has 0 radical (unpaired) electrons. The zero-order valence-corrected chi connectivity index (χ0v) is 13.4. The number of para-hydroxylation sites is 1. The van der Waals surface area contributed by atoms with Crippen LogP contribution >= 0.6 is 11.3 Å². The van der Waals surface area contributed by atoms with E-state index in [-0.39, 0.29) is 5.78 Å². The number of thiazole rings is 1. The molecule has 0 saturated carbocycles. The summed E-state index contributed by atoms with van der Waals surface area (Å²) >= 11 is 1.39. The van der Waals surface area contributed by atoms with E-state index >= 15 is 0 Å². The topological polar surface area (TPSA) is 54.9 Å². The van der Waals surface area contributed by atoms with Crippen LogP contribution in [0.1, 0.15) is 15.4 Å². The number of hydrogen-bond acceptors (Lipinski definition) is 5. The maximum absolute atomic E-state index is 12.3. The van der Waals surface area contributed by atoms with Crippen molar-refractivity contribution in [3.8, 4) is 10.6 Å². The van der Waals surface area contributed by atoms with Crippen LogP contribution in [0.3, 0.4) is 0 Å². The van der Waals surface area contributed by atoms with Crippen LogP contribution in [-0.2, 0) is 0 Å². The number of hydrogen-bond donors (Lipinski definition) is 1. The standard InChI is InChI=1S/C18H15N3OS/c1-13-17(23-18(21-13)14-6-5-10-19-12-14)16(22)9-11-20-15-7-3-2-4-8-15/h2-12,20H,1H3. The summed E-state index contributed by atoms with van der Waals surface area (Å²) in [6.45, 7) is 1.85. The molecule has 1 N–H and O–H groups in total. The van der Waals surface area contributed by atoms with Gasteiger partial charge < -0.3 is 5.32 Å². The maximum atomic E-state index is 12.3. The molecule has 5 heteroatoms. The van der Waals surface area contributed by atoms with Crippen LogP contribution in [0, 0.1) is 6.92 Å². The van der Waals surface area contributed by atoms with Gasteiger partial charge in [0.25, 0.3) is 0 Å². The lowest BCUT2D eigenvalue weighted by Crippen LogP contribution is -1.95. The fourth-order valence-electron chi connectivity index (χ4n) is 2.06. The van der Waals surface area contributed by atoms with Gasteiger partial charge in [-0.25, -0.2) is 4.98 Å². The van der Waals surface area contributed by atoms with Crippen LogP contribution in [0.2, 0.25) is 0 Å². The van der Waals surface area contributed by atoms with E-state index in [1.165, 1.54) is 17.4 Å². The molecule has 0 aliphatic rings. The Bertz CT molecular complexity index is 826. The van der Waals surface area contributed by atoms with Gasteiger partial charge in [0.2, 0.25) is 0 Å². The highest BCUT2D eigenvalue weighted by atomic mass is 32.1. The molecule has 0 amide bonds. The predicted molar refractivity (Wildman–Crippen MR) is 93.6 cm³/mol. The Balaban J connectivity index is 1.74. The van der Waals surface area contributed by atoms with Gasteiger partial charge in [0.15, 0.2) is 5.78 Å². The number of anilines is 1. The molecule has 0 fully saturated rings. The van der Waals surface area contributed by atoms with Crippen molar-refractivity contribution < 1.29 is 4.79 Å². The second kappa shape index (κ2) is 6.98. The van der Waals surface area contributed by atoms with E-state index in [0.717, 1.165) is 22.0 Å². The molecule has 0 aliphatic carbocycles. The quantitative estimate of drug-likeness (QED) is 0.561. The maximum Gasteiger partial charge on any atom is 0.199 e. The van der Waals surface area contributed by atoms with Crippen LogP contribution < -0.4 is 5.32 Å². The van der Waals surface area contributed by atoms with Crippen molar-refractivity contribution in [3.05, 3.63) is 77.7 Å². The highest BCUT2D eigenvalue weighted by Gasteiger charge is 2.14. The van der Waals surface area contributed by atoms with Gasteiger partial charge in [-0.2, -0.15) is 0 Å². The SMILES string of the molecule is Cc1nc(-c2cccnc2)sc1C(=O)C=CNc1ccccc1. The number of carbonyl (C=O) groups excluding carboxylic acids is 1. The normalized spacial score (nSPS) is 10.8. The zero-order valence-electron chi connectivity index (χ0n) is 12.6. The summed E-state index contributed by atoms with van der Waals surface area (Å²) in [5.74, 6) is -0.0569. The molecule has 3 aromatic rings. The van der Waals surface area contributed by atoms with E-state index in [2.05, 4.69) is 15.3 Å². The summed E-state index contributed by atoms with van der Waals surface area (Å²) < 4.78 is 0. The van der Waals surface area contributed by atoms with Crippen LogP contribution in [0.4, 0.5) is 5.69 Å². The number of benzene rings is 1. The third kappa shape index (κ3) is 3.70. The Morgan fingerprint density at radius 3 is 2.74 bits per heavy atom. The van der Waals surface area contributed by atoms with Crippen LogP contribution in [0.5, 0.6) is 0 Å². The molecular weight excluding hydrogens is 306 g/mol. The number of nitrogens with one attached hydrogen (secondary N) is 1. The highest BCUT2D eigenvalue weighted by molar-refractivity contribution is 7.17. The molecule has 2 aromatic heterocycles. The number of carbonyl (C=O) groups is 1. The number of ketones is 1. The fraction of sp³-hybridized carbons (Fsp3) is 0.0556. The number of aromatic nitrogens is 2. The molecule has 0 atom stereocenters. The van der Waals surface area contributed by atoms with Crippen LogP contribution in [-0.4, -0.2) is 15.8 Å². The number of pyridine rings is 1. The van der Waals surface area contributed by atoms with Crippen molar-refractivity contribution in [2.45, 2.75) is 6.92 Å². The lowest BCUT2D eigenvalue weighted by molar-refractivity contribution is 0.104. The molecule has 0 unspecified atom stereocenters. The molecule has 114 valence electrons. The highest BCUT2D eigenvalue weighted by Crippen LogP contribution is 2.27. The molecule has 4 nitrogen and oxygen atoms in total. The molecule has 1 aromatic carbocycles.